The van der Waals surface area contributed by atoms with Gasteiger partial charge >= 0.3 is 0 Å². The first kappa shape index (κ1) is 12.3. The Kier molecular flexibility index (Phi) is 3.35. The molecule has 17 heavy (non-hydrogen) atoms. The lowest BCUT2D eigenvalue weighted by Gasteiger charge is -2.39. The number of halogens is 1. The molecule has 2 rings (SSSR count). The van der Waals surface area contributed by atoms with Crippen molar-refractivity contribution in [3.63, 3.8) is 0 Å². The van der Waals surface area contributed by atoms with Gasteiger partial charge in [0.1, 0.15) is 5.82 Å². The zero-order chi connectivity index (χ0) is 12.5. The number of morpholine rings is 1. The Morgan fingerprint density at radius 3 is 2.82 bits per heavy atom. The highest BCUT2D eigenvalue weighted by atomic mass is 19.1. The molecule has 1 fully saturated rings. The quantitative estimate of drug-likeness (QED) is 0.855. The lowest BCUT2D eigenvalue weighted by Crippen LogP contribution is -2.48. The van der Waals surface area contributed by atoms with E-state index in [1.54, 1.807) is 6.07 Å². The SMILES string of the molecule is CC1(C)CN(c2cc(F)cc(CN)c2)CCO1. The third-order valence-corrected chi connectivity index (χ3v) is 2.97. The molecule has 0 amide bonds. The summed E-state index contributed by atoms with van der Waals surface area (Å²) in [5.41, 5.74) is 7.09. The molecular formula is C13H19FN2O. The van der Waals surface area contributed by atoms with Gasteiger partial charge in [0.2, 0.25) is 0 Å². The van der Waals surface area contributed by atoms with E-state index in [4.69, 9.17) is 10.5 Å². The first-order valence-electron chi connectivity index (χ1n) is 5.89. The fraction of sp³-hybridized carbons (Fsp3) is 0.538. The van der Waals surface area contributed by atoms with Crippen LogP contribution in [0.2, 0.25) is 0 Å². The van der Waals surface area contributed by atoms with Gasteiger partial charge in [-0.2, -0.15) is 0 Å². The molecule has 1 heterocycles. The average molecular weight is 238 g/mol. The summed E-state index contributed by atoms with van der Waals surface area (Å²) in [5, 5.41) is 0. The van der Waals surface area contributed by atoms with Gasteiger partial charge in [-0.25, -0.2) is 4.39 Å². The van der Waals surface area contributed by atoms with Crippen LogP contribution in [0.1, 0.15) is 19.4 Å². The van der Waals surface area contributed by atoms with Crippen LogP contribution in [0, 0.1) is 5.82 Å². The van der Waals surface area contributed by atoms with Gasteiger partial charge < -0.3 is 15.4 Å². The summed E-state index contributed by atoms with van der Waals surface area (Å²) in [6.45, 7) is 6.67. The Labute approximate surface area is 101 Å². The van der Waals surface area contributed by atoms with E-state index in [1.165, 1.54) is 6.07 Å². The maximum atomic E-state index is 13.4. The summed E-state index contributed by atoms with van der Waals surface area (Å²) < 4.78 is 19.1. The molecule has 1 saturated heterocycles. The van der Waals surface area contributed by atoms with Gasteiger partial charge in [0.25, 0.3) is 0 Å². The highest BCUT2D eigenvalue weighted by molar-refractivity contribution is 5.49. The fourth-order valence-electron chi connectivity index (χ4n) is 2.17. The molecule has 0 saturated carbocycles. The number of nitrogens with zero attached hydrogens (tertiary/aromatic N) is 1. The second-order valence-electron chi connectivity index (χ2n) is 5.05. The summed E-state index contributed by atoms with van der Waals surface area (Å²) in [7, 11) is 0. The molecule has 1 aliphatic heterocycles. The van der Waals surface area contributed by atoms with E-state index in [2.05, 4.69) is 4.90 Å². The lowest BCUT2D eigenvalue weighted by atomic mass is 10.1. The molecule has 4 heteroatoms. The van der Waals surface area contributed by atoms with Crippen LogP contribution in [0.15, 0.2) is 18.2 Å². The van der Waals surface area contributed by atoms with Crippen LogP contribution >= 0.6 is 0 Å². The van der Waals surface area contributed by atoms with E-state index in [0.29, 0.717) is 13.2 Å². The molecule has 1 aromatic rings. The van der Waals surface area contributed by atoms with Crippen molar-refractivity contribution in [2.75, 3.05) is 24.6 Å². The standard InChI is InChI=1S/C13H19FN2O/c1-13(2)9-16(3-4-17-13)12-6-10(8-15)5-11(14)7-12/h5-7H,3-4,8-9,15H2,1-2H3. The van der Waals surface area contributed by atoms with E-state index in [-0.39, 0.29) is 11.4 Å². The summed E-state index contributed by atoms with van der Waals surface area (Å²) in [6.07, 6.45) is 0. The highest BCUT2D eigenvalue weighted by Gasteiger charge is 2.27. The molecule has 0 aliphatic carbocycles. The van der Waals surface area contributed by atoms with Crippen molar-refractivity contribution in [1.82, 2.24) is 0 Å². The molecule has 94 valence electrons. The van der Waals surface area contributed by atoms with Gasteiger partial charge in [0.15, 0.2) is 0 Å². The zero-order valence-electron chi connectivity index (χ0n) is 10.4. The molecule has 0 atom stereocenters. The maximum Gasteiger partial charge on any atom is 0.125 e. The third-order valence-electron chi connectivity index (χ3n) is 2.97. The normalized spacial score (nSPS) is 19.4. The molecule has 0 radical (unpaired) electrons. The van der Waals surface area contributed by atoms with Crippen LogP contribution in [0.4, 0.5) is 10.1 Å². The Hall–Kier alpha value is -1.13. The van der Waals surface area contributed by atoms with Crippen LogP contribution in [0.25, 0.3) is 0 Å². The fourth-order valence-corrected chi connectivity index (χ4v) is 2.17. The van der Waals surface area contributed by atoms with Gasteiger partial charge in [-0.15, -0.1) is 0 Å². The first-order valence-corrected chi connectivity index (χ1v) is 5.89. The Balaban J connectivity index is 2.24. The number of nitrogens with two attached hydrogens (primary N) is 1. The number of ether oxygens (including phenoxy) is 1. The molecule has 3 nitrogen and oxygen atoms in total. The molecule has 0 unspecified atom stereocenters. The molecule has 0 spiro atoms. The zero-order valence-corrected chi connectivity index (χ0v) is 10.4. The average Bonchev–Trinajstić information content (AvgIpc) is 2.27. The molecule has 1 aliphatic rings. The minimum Gasteiger partial charge on any atom is -0.372 e. The van der Waals surface area contributed by atoms with Crippen molar-refractivity contribution in [2.45, 2.75) is 26.0 Å². The highest BCUT2D eigenvalue weighted by Crippen LogP contribution is 2.24. The largest absolute Gasteiger partial charge is 0.372 e. The van der Waals surface area contributed by atoms with Crippen molar-refractivity contribution in [3.8, 4) is 0 Å². The predicted octanol–water partition coefficient (Wildman–Crippen LogP) is 1.90. The van der Waals surface area contributed by atoms with E-state index < -0.39 is 0 Å². The summed E-state index contributed by atoms with van der Waals surface area (Å²) in [6, 6.07) is 4.99. The molecule has 0 aromatic heterocycles. The monoisotopic (exact) mass is 238 g/mol. The summed E-state index contributed by atoms with van der Waals surface area (Å²) in [4.78, 5) is 2.14. The van der Waals surface area contributed by atoms with E-state index in [0.717, 1.165) is 24.3 Å². The number of rotatable bonds is 2. The summed E-state index contributed by atoms with van der Waals surface area (Å²) >= 11 is 0. The number of benzene rings is 1. The Morgan fingerprint density at radius 2 is 2.18 bits per heavy atom. The topological polar surface area (TPSA) is 38.5 Å². The van der Waals surface area contributed by atoms with Gasteiger partial charge in [0, 0.05) is 25.3 Å². The van der Waals surface area contributed by atoms with Gasteiger partial charge in [-0.1, -0.05) is 0 Å². The van der Waals surface area contributed by atoms with Crippen molar-refractivity contribution in [3.05, 3.63) is 29.6 Å². The first-order chi connectivity index (χ1) is 8.00. The summed E-state index contributed by atoms with van der Waals surface area (Å²) in [5.74, 6) is -0.229. The van der Waals surface area contributed by atoms with Crippen LogP contribution in [-0.2, 0) is 11.3 Å². The van der Waals surface area contributed by atoms with Crippen molar-refractivity contribution in [2.24, 2.45) is 5.73 Å². The van der Waals surface area contributed by atoms with E-state index in [9.17, 15) is 4.39 Å². The predicted molar refractivity (Wildman–Crippen MR) is 66.5 cm³/mol. The Bertz CT molecular complexity index is 406. The lowest BCUT2D eigenvalue weighted by molar-refractivity contribution is -0.0277. The van der Waals surface area contributed by atoms with Gasteiger partial charge in [-0.05, 0) is 37.6 Å². The van der Waals surface area contributed by atoms with Crippen LogP contribution in [-0.4, -0.2) is 25.3 Å². The second kappa shape index (κ2) is 4.63. The second-order valence-corrected chi connectivity index (χ2v) is 5.05. The maximum absolute atomic E-state index is 13.4. The molecule has 2 N–H and O–H groups in total. The minimum atomic E-state index is -0.229. The third kappa shape index (κ3) is 2.96. The number of anilines is 1. The van der Waals surface area contributed by atoms with Crippen molar-refractivity contribution >= 4 is 5.69 Å². The molecule has 1 aromatic carbocycles. The Morgan fingerprint density at radius 1 is 1.41 bits per heavy atom. The number of hydrogen-bond acceptors (Lipinski definition) is 3. The molecular weight excluding hydrogens is 219 g/mol. The number of hydrogen-bond donors (Lipinski definition) is 1. The molecule has 0 bridgehead atoms. The van der Waals surface area contributed by atoms with Gasteiger partial charge in [0.05, 0.1) is 12.2 Å². The van der Waals surface area contributed by atoms with Crippen LogP contribution < -0.4 is 10.6 Å². The minimum absolute atomic E-state index is 0.187. The van der Waals surface area contributed by atoms with Gasteiger partial charge in [-0.3, -0.25) is 0 Å². The van der Waals surface area contributed by atoms with Crippen LogP contribution in [0.5, 0.6) is 0 Å². The van der Waals surface area contributed by atoms with E-state index in [1.807, 2.05) is 19.9 Å². The van der Waals surface area contributed by atoms with Crippen LogP contribution in [0.3, 0.4) is 0 Å². The van der Waals surface area contributed by atoms with E-state index >= 15 is 0 Å². The van der Waals surface area contributed by atoms with Crippen molar-refractivity contribution < 1.29 is 9.13 Å². The smallest absolute Gasteiger partial charge is 0.125 e. The van der Waals surface area contributed by atoms with Crippen molar-refractivity contribution in [1.29, 1.82) is 0 Å².